The van der Waals surface area contributed by atoms with Gasteiger partial charge in [0.2, 0.25) is 0 Å². The summed E-state index contributed by atoms with van der Waals surface area (Å²) in [6.45, 7) is 0.302. The van der Waals surface area contributed by atoms with Gasteiger partial charge < -0.3 is 20.1 Å². The maximum Gasteiger partial charge on any atom is 0.271 e. The van der Waals surface area contributed by atoms with Crippen molar-refractivity contribution < 1.29 is 18.7 Å². The fourth-order valence-electron chi connectivity index (χ4n) is 2.45. The first kappa shape index (κ1) is 19.1. The summed E-state index contributed by atoms with van der Waals surface area (Å²) in [5.41, 5.74) is 1.71. The highest BCUT2D eigenvalue weighted by Gasteiger charge is 2.10. The first-order valence-electron chi connectivity index (χ1n) is 8.43. The molecule has 0 fully saturated rings. The molecule has 0 aliphatic carbocycles. The van der Waals surface area contributed by atoms with Crippen LogP contribution in [0.25, 0.3) is 0 Å². The van der Waals surface area contributed by atoms with Gasteiger partial charge in [-0.3, -0.25) is 4.79 Å². The van der Waals surface area contributed by atoms with Gasteiger partial charge in [-0.15, -0.1) is 0 Å². The normalized spacial score (nSPS) is 10.2. The molecule has 0 aliphatic heterocycles. The lowest BCUT2D eigenvalue weighted by molar-refractivity contribution is 0.0945. The van der Waals surface area contributed by atoms with E-state index in [1.807, 2.05) is 6.07 Å². The van der Waals surface area contributed by atoms with Gasteiger partial charge in [0, 0.05) is 12.2 Å². The van der Waals surface area contributed by atoms with Gasteiger partial charge in [-0.25, -0.2) is 14.4 Å². The maximum atomic E-state index is 12.9. The number of nitrogens with one attached hydrogen (secondary N) is 2. The maximum absolute atomic E-state index is 12.9. The lowest BCUT2D eigenvalue weighted by atomic mass is 10.2. The minimum Gasteiger partial charge on any atom is -0.493 e. The lowest BCUT2D eigenvalue weighted by Gasteiger charge is -2.10. The van der Waals surface area contributed by atoms with E-state index in [1.165, 1.54) is 24.5 Å². The topological polar surface area (TPSA) is 85.4 Å². The van der Waals surface area contributed by atoms with Crippen molar-refractivity contribution in [3.05, 3.63) is 71.9 Å². The summed E-state index contributed by atoms with van der Waals surface area (Å²) in [6.07, 6.45) is 2.81. The van der Waals surface area contributed by atoms with Gasteiger partial charge in [0.05, 0.1) is 26.6 Å². The third-order valence-corrected chi connectivity index (χ3v) is 3.90. The second-order valence-electron chi connectivity index (χ2n) is 5.79. The summed E-state index contributed by atoms with van der Waals surface area (Å²) in [7, 11) is 3.11. The second-order valence-corrected chi connectivity index (χ2v) is 5.79. The van der Waals surface area contributed by atoms with E-state index in [0.717, 1.165) is 5.56 Å². The van der Waals surface area contributed by atoms with Crippen molar-refractivity contribution in [2.24, 2.45) is 0 Å². The Hall–Kier alpha value is -3.68. The lowest BCUT2D eigenvalue weighted by Crippen LogP contribution is -2.24. The number of ether oxygens (including phenoxy) is 2. The molecular weight excluding hydrogens is 363 g/mol. The number of carbonyl (C=O) groups is 1. The molecule has 28 heavy (non-hydrogen) atoms. The Kier molecular flexibility index (Phi) is 6.01. The van der Waals surface area contributed by atoms with Crippen LogP contribution in [-0.2, 0) is 6.54 Å². The fourth-order valence-corrected chi connectivity index (χ4v) is 2.45. The number of amides is 1. The highest BCUT2D eigenvalue weighted by Crippen LogP contribution is 2.27. The summed E-state index contributed by atoms with van der Waals surface area (Å²) in [5.74, 6) is 0.981. The Balaban J connectivity index is 1.59. The molecule has 1 amide bonds. The number of anilines is 2. The molecule has 8 heteroatoms. The van der Waals surface area contributed by atoms with Gasteiger partial charge in [-0.2, -0.15) is 0 Å². The number of aromatic nitrogens is 2. The number of hydrogen-bond acceptors (Lipinski definition) is 6. The van der Waals surface area contributed by atoms with Crippen molar-refractivity contribution in [1.29, 1.82) is 0 Å². The van der Waals surface area contributed by atoms with E-state index in [2.05, 4.69) is 20.6 Å². The molecule has 0 radical (unpaired) electrons. The molecule has 2 N–H and O–H groups in total. The number of nitrogens with zero attached hydrogens (tertiary/aromatic N) is 2. The van der Waals surface area contributed by atoms with Crippen LogP contribution >= 0.6 is 0 Å². The van der Waals surface area contributed by atoms with Gasteiger partial charge in [-0.05, 0) is 42.0 Å². The van der Waals surface area contributed by atoms with Crippen LogP contribution in [0.1, 0.15) is 16.1 Å². The molecule has 0 unspecified atom stereocenters. The third kappa shape index (κ3) is 4.73. The first-order valence-corrected chi connectivity index (χ1v) is 8.43. The Morgan fingerprint density at radius 1 is 1.00 bits per heavy atom. The van der Waals surface area contributed by atoms with Crippen LogP contribution in [0.15, 0.2) is 54.9 Å². The molecule has 1 heterocycles. The Morgan fingerprint density at radius 2 is 1.75 bits per heavy atom. The Labute approximate surface area is 161 Å². The second kappa shape index (κ2) is 8.81. The predicted octanol–water partition coefficient (Wildman–Crippen LogP) is 3.31. The van der Waals surface area contributed by atoms with Gasteiger partial charge in [0.1, 0.15) is 17.3 Å². The third-order valence-electron chi connectivity index (χ3n) is 3.90. The first-order chi connectivity index (χ1) is 13.6. The number of methoxy groups -OCH3 is 2. The zero-order valence-corrected chi connectivity index (χ0v) is 15.4. The minimum atomic E-state index is -0.351. The van der Waals surface area contributed by atoms with E-state index in [9.17, 15) is 9.18 Å². The fraction of sp³-hybridized carbons (Fsp3) is 0.150. The predicted molar refractivity (Wildman–Crippen MR) is 102 cm³/mol. The SMILES string of the molecule is COc1ccc(CNC(=O)c2cnc(Nc3ccc(F)cc3)cn2)cc1OC. The molecule has 2 aromatic carbocycles. The van der Waals surface area contributed by atoms with Crippen molar-refractivity contribution in [1.82, 2.24) is 15.3 Å². The van der Waals surface area contributed by atoms with Crippen molar-refractivity contribution in [2.75, 3.05) is 19.5 Å². The monoisotopic (exact) mass is 382 g/mol. The van der Waals surface area contributed by atoms with Crippen LogP contribution in [0, 0.1) is 5.82 Å². The van der Waals surface area contributed by atoms with Gasteiger partial charge in [-0.1, -0.05) is 6.07 Å². The zero-order valence-electron chi connectivity index (χ0n) is 15.4. The van der Waals surface area contributed by atoms with Crippen molar-refractivity contribution >= 4 is 17.4 Å². The van der Waals surface area contributed by atoms with E-state index in [1.54, 1.807) is 38.5 Å². The summed E-state index contributed by atoms with van der Waals surface area (Å²) < 4.78 is 23.4. The van der Waals surface area contributed by atoms with E-state index in [0.29, 0.717) is 29.5 Å². The molecule has 0 saturated heterocycles. The number of benzene rings is 2. The average molecular weight is 382 g/mol. The van der Waals surface area contributed by atoms with Crippen molar-refractivity contribution in [3.63, 3.8) is 0 Å². The zero-order chi connectivity index (χ0) is 19.9. The molecule has 0 spiro atoms. The summed E-state index contributed by atoms with van der Waals surface area (Å²) >= 11 is 0. The number of rotatable bonds is 7. The summed E-state index contributed by atoms with van der Waals surface area (Å²) in [6, 6.07) is 11.2. The molecule has 0 atom stereocenters. The number of carbonyl (C=O) groups excluding carboxylic acids is 1. The van der Waals surface area contributed by atoms with E-state index >= 15 is 0 Å². The largest absolute Gasteiger partial charge is 0.493 e. The van der Waals surface area contributed by atoms with Gasteiger partial charge in [0.25, 0.3) is 5.91 Å². The molecule has 3 rings (SSSR count). The van der Waals surface area contributed by atoms with Crippen molar-refractivity contribution in [3.8, 4) is 11.5 Å². The number of hydrogen-bond donors (Lipinski definition) is 2. The molecular formula is C20H19FN4O3. The molecule has 144 valence electrons. The highest BCUT2D eigenvalue weighted by molar-refractivity contribution is 5.92. The van der Waals surface area contributed by atoms with E-state index in [4.69, 9.17) is 9.47 Å². The Bertz CT molecular complexity index is 947. The van der Waals surface area contributed by atoms with Gasteiger partial charge >= 0.3 is 0 Å². The van der Waals surface area contributed by atoms with Crippen LogP contribution in [0.4, 0.5) is 15.9 Å². The minimum absolute atomic E-state index is 0.185. The summed E-state index contributed by atoms with van der Waals surface area (Å²) in [4.78, 5) is 20.5. The van der Waals surface area contributed by atoms with Crippen molar-refractivity contribution in [2.45, 2.75) is 6.54 Å². The molecule has 1 aromatic heterocycles. The van der Waals surface area contributed by atoms with Crippen LogP contribution < -0.4 is 20.1 Å². The molecule has 0 aliphatic rings. The van der Waals surface area contributed by atoms with Gasteiger partial charge in [0.15, 0.2) is 11.5 Å². The smallest absolute Gasteiger partial charge is 0.271 e. The molecule has 0 saturated carbocycles. The average Bonchev–Trinajstić information content (AvgIpc) is 2.74. The van der Waals surface area contributed by atoms with Crippen LogP contribution in [0.2, 0.25) is 0 Å². The van der Waals surface area contributed by atoms with Crippen LogP contribution in [0.3, 0.4) is 0 Å². The molecule has 0 bridgehead atoms. The standard InChI is InChI=1S/C20H19FN4O3/c1-27-17-8-3-13(9-18(17)28-2)10-24-20(26)16-11-23-19(12-22-16)25-15-6-4-14(21)5-7-15/h3-9,11-12H,10H2,1-2H3,(H,23,25)(H,24,26). The Morgan fingerprint density at radius 3 is 2.39 bits per heavy atom. The quantitative estimate of drug-likeness (QED) is 0.652. The van der Waals surface area contributed by atoms with Crippen LogP contribution in [0.5, 0.6) is 11.5 Å². The van der Waals surface area contributed by atoms with E-state index < -0.39 is 0 Å². The van der Waals surface area contributed by atoms with Crippen LogP contribution in [-0.4, -0.2) is 30.1 Å². The van der Waals surface area contributed by atoms with E-state index in [-0.39, 0.29) is 17.4 Å². The molecule has 7 nitrogen and oxygen atoms in total. The highest BCUT2D eigenvalue weighted by atomic mass is 19.1. The summed E-state index contributed by atoms with van der Waals surface area (Å²) in [5, 5.41) is 5.76. The number of halogens is 1. The molecule has 3 aromatic rings.